The summed E-state index contributed by atoms with van der Waals surface area (Å²) in [5.74, 6) is 0.464. The number of aryl methyl sites for hydroxylation is 2. The van der Waals surface area contributed by atoms with Gasteiger partial charge in [0.05, 0.1) is 26.5 Å². The van der Waals surface area contributed by atoms with Gasteiger partial charge in [-0.3, -0.25) is 4.21 Å². The first kappa shape index (κ1) is 14.1. The minimum absolute atomic E-state index is 0.461. The van der Waals surface area contributed by atoms with Crippen molar-refractivity contribution in [2.75, 3.05) is 5.73 Å². The quantitative estimate of drug-likeness (QED) is 0.874. The van der Waals surface area contributed by atoms with Gasteiger partial charge in [-0.1, -0.05) is 40.9 Å². The zero-order valence-corrected chi connectivity index (χ0v) is 12.5. The predicted octanol–water partition coefficient (Wildman–Crippen LogP) is 3.85. The highest BCUT2D eigenvalue weighted by molar-refractivity contribution is 7.84. The Labute approximate surface area is 121 Å². The second kappa shape index (κ2) is 5.76. The number of rotatable bonds is 3. The first-order valence-corrected chi connectivity index (χ1v) is 7.66. The molecule has 0 radical (unpaired) electrons. The number of nitrogen functional groups attached to an aromatic ring is 1. The van der Waals surface area contributed by atoms with Crippen LogP contribution in [0.3, 0.4) is 0 Å². The SMILES string of the molecule is Cc1cc(C)cc(CS(=O)c2ccc(N)cc2Cl)c1. The molecular weight excluding hydrogens is 278 g/mol. The normalized spacial score (nSPS) is 12.4. The highest BCUT2D eigenvalue weighted by Crippen LogP contribution is 2.24. The van der Waals surface area contributed by atoms with Crippen LogP contribution in [0, 0.1) is 13.8 Å². The Bertz CT molecular complexity index is 620. The number of benzene rings is 2. The van der Waals surface area contributed by atoms with Gasteiger partial charge in [0.2, 0.25) is 0 Å². The Hall–Kier alpha value is -1.32. The lowest BCUT2D eigenvalue weighted by Crippen LogP contribution is -1.99. The fourth-order valence-corrected chi connectivity index (χ4v) is 3.65. The molecule has 0 fully saturated rings. The van der Waals surface area contributed by atoms with E-state index in [0.717, 1.165) is 5.56 Å². The molecule has 0 aliphatic carbocycles. The second-order valence-corrected chi connectivity index (χ2v) is 6.50. The smallest absolute Gasteiger partial charge is 0.0589 e. The van der Waals surface area contributed by atoms with E-state index < -0.39 is 10.8 Å². The molecule has 0 aliphatic rings. The monoisotopic (exact) mass is 293 g/mol. The van der Waals surface area contributed by atoms with Crippen molar-refractivity contribution in [3.63, 3.8) is 0 Å². The molecule has 0 amide bonds. The molecular formula is C15H16ClNOS. The van der Waals surface area contributed by atoms with Crippen LogP contribution in [0.2, 0.25) is 5.02 Å². The maximum atomic E-state index is 12.4. The van der Waals surface area contributed by atoms with Crippen molar-refractivity contribution in [3.05, 3.63) is 58.1 Å². The third-order valence-electron chi connectivity index (χ3n) is 2.78. The lowest BCUT2D eigenvalue weighted by atomic mass is 10.1. The Morgan fingerprint density at radius 2 is 1.74 bits per heavy atom. The summed E-state index contributed by atoms with van der Waals surface area (Å²) in [4.78, 5) is 0.634. The average molecular weight is 294 g/mol. The van der Waals surface area contributed by atoms with E-state index in [1.165, 1.54) is 11.1 Å². The van der Waals surface area contributed by atoms with E-state index in [2.05, 4.69) is 18.2 Å². The van der Waals surface area contributed by atoms with Gasteiger partial charge in [0.25, 0.3) is 0 Å². The Kier molecular flexibility index (Phi) is 4.27. The van der Waals surface area contributed by atoms with Crippen LogP contribution in [0.25, 0.3) is 0 Å². The van der Waals surface area contributed by atoms with E-state index in [-0.39, 0.29) is 0 Å². The first-order chi connectivity index (χ1) is 8.95. The van der Waals surface area contributed by atoms with Gasteiger partial charge in [0.1, 0.15) is 0 Å². The largest absolute Gasteiger partial charge is 0.399 e. The molecule has 2 aromatic rings. The van der Waals surface area contributed by atoms with Crippen molar-refractivity contribution < 1.29 is 4.21 Å². The summed E-state index contributed by atoms with van der Waals surface area (Å²) < 4.78 is 12.4. The molecule has 0 spiro atoms. The third-order valence-corrected chi connectivity index (χ3v) is 4.65. The Balaban J connectivity index is 2.25. The van der Waals surface area contributed by atoms with Crippen molar-refractivity contribution in [2.24, 2.45) is 0 Å². The van der Waals surface area contributed by atoms with Gasteiger partial charge in [-0.05, 0) is 37.6 Å². The molecule has 4 heteroatoms. The van der Waals surface area contributed by atoms with E-state index in [0.29, 0.717) is 21.4 Å². The van der Waals surface area contributed by atoms with Gasteiger partial charge in [-0.25, -0.2) is 0 Å². The van der Waals surface area contributed by atoms with Crippen LogP contribution in [0.5, 0.6) is 0 Å². The molecule has 2 rings (SSSR count). The van der Waals surface area contributed by atoms with E-state index >= 15 is 0 Å². The average Bonchev–Trinajstić information content (AvgIpc) is 2.26. The summed E-state index contributed by atoms with van der Waals surface area (Å²) in [6.45, 7) is 4.07. The van der Waals surface area contributed by atoms with Crippen LogP contribution in [0.15, 0.2) is 41.3 Å². The standard InChI is InChI=1S/C15H16ClNOS/c1-10-5-11(2)7-12(6-10)9-19(18)15-4-3-13(17)8-14(15)16/h3-8H,9,17H2,1-2H3. The zero-order chi connectivity index (χ0) is 14.0. The van der Waals surface area contributed by atoms with E-state index in [1.807, 2.05) is 13.8 Å². The number of nitrogens with two attached hydrogens (primary N) is 1. The lowest BCUT2D eigenvalue weighted by molar-refractivity contribution is 0.682. The second-order valence-electron chi connectivity index (χ2n) is 4.68. The molecule has 1 unspecified atom stereocenters. The molecule has 0 saturated carbocycles. The van der Waals surface area contributed by atoms with Crippen LogP contribution < -0.4 is 5.73 Å². The Morgan fingerprint density at radius 1 is 1.11 bits per heavy atom. The third kappa shape index (κ3) is 3.58. The van der Waals surface area contributed by atoms with E-state index in [4.69, 9.17) is 17.3 Å². The molecule has 2 N–H and O–H groups in total. The highest BCUT2D eigenvalue weighted by atomic mass is 35.5. The van der Waals surface area contributed by atoms with Crippen LogP contribution in [-0.4, -0.2) is 4.21 Å². The molecule has 0 heterocycles. The van der Waals surface area contributed by atoms with Crippen LogP contribution in [0.4, 0.5) is 5.69 Å². The number of hydrogen-bond donors (Lipinski definition) is 1. The van der Waals surface area contributed by atoms with E-state index in [1.54, 1.807) is 18.2 Å². The number of halogens is 1. The maximum absolute atomic E-state index is 12.4. The predicted molar refractivity (Wildman–Crippen MR) is 81.9 cm³/mol. The summed E-state index contributed by atoms with van der Waals surface area (Å²) in [5.41, 5.74) is 9.63. The molecule has 19 heavy (non-hydrogen) atoms. The van der Waals surface area contributed by atoms with Crippen LogP contribution in [0.1, 0.15) is 16.7 Å². The first-order valence-electron chi connectivity index (χ1n) is 5.96. The molecule has 0 bridgehead atoms. The summed E-state index contributed by atoms with van der Waals surface area (Å²) in [6.07, 6.45) is 0. The van der Waals surface area contributed by atoms with E-state index in [9.17, 15) is 4.21 Å². The van der Waals surface area contributed by atoms with Gasteiger partial charge in [-0.15, -0.1) is 0 Å². The van der Waals surface area contributed by atoms with Crippen molar-refractivity contribution in [1.29, 1.82) is 0 Å². The van der Waals surface area contributed by atoms with Gasteiger partial charge in [-0.2, -0.15) is 0 Å². The summed E-state index contributed by atoms with van der Waals surface area (Å²) in [6, 6.07) is 11.3. The lowest BCUT2D eigenvalue weighted by Gasteiger charge is -2.07. The molecule has 100 valence electrons. The van der Waals surface area contributed by atoms with Crippen LogP contribution >= 0.6 is 11.6 Å². The molecule has 2 nitrogen and oxygen atoms in total. The Morgan fingerprint density at radius 3 is 2.32 bits per heavy atom. The van der Waals surface area contributed by atoms with Crippen molar-refractivity contribution >= 4 is 28.1 Å². The zero-order valence-electron chi connectivity index (χ0n) is 10.9. The van der Waals surface area contributed by atoms with Gasteiger partial charge in [0, 0.05) is 5.69 Å². The topological polar surface area (TPSA) is 43.1 Å². The van der Waals surface area contributed by atoms with Crippen molar-refractivity contribution in [2.45, 2.75) is 24.5 Å². The van der Waals surface area contributed by atoms with Crippen molar-refractivity contribution in [3.8, 4) is 0 Å². The maximum Gasteiger partial charge on any atom is 0.0589 e. The molecule has 0 aromatic heterocycles. The minimum atomic E-state index is -1.16. The fourth-order valence-electron chi connectivity index (χ4n) is 2.08. The number of anilines is 1. The van der Waals surface area contributed by atoms with Crippen LogP contribution in [-0.2, 0) is 16.6 Å². The summed E-state index contributed by atoms with van der Waals surface area (Å²) >= 11 is 6.08. The minimum Gasteiger partial charge on any atom is -0.399 e. The molecule has 0 aliphatic heterocycles. The van der Waals surface area contributed by atoms with Gasteiger partial charge in [0.15, 0.2) is 0 Å². The molecule has 1 atom stereocenters. The number of hydrogen-bond acceptors (Lipinski definition) is 2. The molecule has 0 saturated heterocycles. The van der Waals surface area contributed by atoms with Crippen molar-refractivity contribution in [1.82, 2.24) is 0 Å². The molecule has 2 aromatic carbocycles. The van der Waals surface area contributed by atoms with Gasteiger partial charge < -0.3 is 5.73 Å². The fraction of sp³-hybridized carbons (Fsp3) is 0.200. The highest BCUT2D eigenvalue weighted by Gasteiger charge is 2.10. The summed E-state index contributed by atoms with van der Waals surface area (Å²) in [7, 11) is -1.16. The summed E-state index contributed by atoms with van der Waals surface area (Å²) in [5, 5.41) is 0.461. The van der Waals surface area contributed by atoms with Gasteiger partial charge >= 0.3 is 0 Å².